The number of rotatable bonds is 2. The van der Waals surface area contributed by atoms with Crippen molar-refractivity contribution in [3.8, 4) is 0 Å². The first-order valence-electron chi connectivity index (χ1n) is 4.87. The van der Waals surface area contributed by atoms with Gasteiger partial charge in [-0.1, -0.05) is 0 Å². The number of aromatic nitrogens is 1. The van der Waals surface area contributed by atoms with Crippen LogP contribution in [0.2, 0.25) is 0 Å². The van der Waals surface area contributed by atoms with Gasteiger partial charge in [-0.3, -0.25) is 0 Å². The van der Waals surface area contributed by atoms with E-state index in [0.717, 1.165) is 0 Å². The number of nitrogens with two attached hydrogens (primary N) is 1. The Morgan fingerprint density at radius 3 is 3.00 bits per heavy atom. The monoisotopic (exact) mass is 222 g/mol. The Bertz CT molecular complexity index is 548. The predicted molar refractivity (Wildman–Crippen MR) is 58.6 cm³/mol. The summed E-state index contributed by atoms with van der Waals surface area (Å²) in [5, 5.41) is 0.615. The molecule has 0 radical (unpaired) electrons. The predicted octanol–water partition coefficient (Wildman–Crippen LogP) is 2.07. The van der Waals surface area contributed by atoms with Gasteiger partial charge in [0.15, 0.2) is 0 Å². The van der Waals surface area contributed by atoms with Gasteiger partial charge in [0.2, 0.25) is 0 Å². The number of anilines is 1. The van der Waals surface area contributed by atoms with Gasteiger partial charge in [0.25, 0.3) is 0 Å². The average Bonchev–Trinajstić information content (AvgIpc) is 2.56. The molecule has 0 aliphatic rings. The van der Waals surface area contributed by atoms with E-state index in [-0.39, 0.29) is 23.8 Å². The van der Waals surface area contributed by atoms with Crippen LogP contribution in [-0.2, 0) is 4.74 Å². The van der Waals surface area contributed by atoms with E-state index in [0.29, 0.717) is 10.9 Å². The van der Waals surface area contributed by atoms with Gasteiger partial charge >= 0.3 is 5.97 Å². The smallest absolute Gasteiger partial charge is 0.356 e. The van der Waals surface area contributed by atoms with Gasteiger partial charge in [-0.25, -0.2) is 9.18 Å². The molecule has 0 atom stereocenters. The zero-order valence-electron chi connectivity index (χ0n) is 8.71. The molecule has 1 aromatic heterocycles. The average molecular weight is 222 g/mol. The van der Waals surface area contributed by atoms with Gasteiger partial charge < -0.3 is 15.5 Å². The van der Waals surface area contributed by atoms with E-state index in [1.165, 1.54) is 18.2 Å². The molecule has 0 saturated carbocycles. The number of H-pyrrole nitrogens is 1. The van der Waals surface area contributed by atoms with Crippen molar-refractivity contribution in [3.05, 3.63) is 29.7 Å². The largest absolute Gasteiger partial charge is 0.461 e. The maximum atomic E-state index is 12.9. The molecule has 3 N–H and O–H groups in total. The minimum atomic E-state index is -0.531. The van der Waals surface area contributed by atoms with Gasteiger partial charge in [-0.15, -0.1) is 0 Å². The molecule has 0 spiro atoms. The van der Waals surface area contributed by atoms with E-state index in [9.17, 15) is 9.18 Å². The number of ether oxygens (including phenoxy) is 1. The molecule has 2 rings (SSSR count). The molecule has 0 aliphatic heterocycles. The molecular weight excluding hydrogens is 211 g/mol. The van der Waals surface area contributed by atoms with Crippen molar-refractivity contribution in [2.75, 3.05) is 12.3 Å². The number of esters is 1. The fourth-order valence-corrected chi connectivity index (χ4v) is 1.56. The standard InChI is InChI=1S/C11H11FN2O2/c1-2-16-11(15)10-9(13)7-4-3-6(12)5-8(7)14-10/h3-5,14H,2,13H2,1H3. The molecule has 2 aromatic rings. The molecule has 16 heavy (non-hydrogen) atoms. The molecule has 84 valence electrons. The van der Waals surface area contributed by atoms with E-state index in [2.05, 4.69) is 4.98 Å². The number of fused-ring (bicyclic) bond motifs is 1. The minimum absolute atomic E-state index is 0.169. The van der Waals surface area contributed by atoms with Crippen molar-refractivity contribution in [3.63, 3.8) is 0 Å². The summed E-state index contributed by atoms with van der Waals surface area (Å²) in [6.45, 7) is 1.97. The summed E-state index contributed by atoms with van der Waals surface area (Å²) in [4.78, 5) is 14.2. The summed E-state index contributed by atoms with van der Waals surface area (Å²) in [5.41, 5.74) is 6.71. The summed E-state index contributed by atoms with van der Waals surface area (Å²) >= 11 is 0. The first kappa shape index (κ1) is 10.5. The van der Waals surface area contributed by atoms with Crippen LogP contribution in [-0.4, -0.2) is 17.6 Å². The second kappa shape index (κ2) is 3.84. The van der Waals surface area contributed by atoms with Crippen LogP contribution in [0.25, 0.3) is 10.9 Å². The van der Waals surface area contributed by atoms with Crippen LogP contribution in [0.15, 0.2) is 18.2 Å². The van der Waals surface area contributed by atoms with Crippen LogP contribution in [0.5, 0.6) is 0 Å². The Kier molecular flexibility index (Phi) is 2.52. The molecule has 5 heteroatoms. The van der Waals surface area contributed by atoms with Crippen molar-refractivity contribution in [1.82, 2.24) is 4.98 Å². The molecule has 4 nitrogen and oxygen atoms in total. The number of aromatic amines is 1. The Morgan fingerprint density at radius 1 is 1.56 bits per heavy atom. The summed E-state index contributed by atoms with van der Waals surface area (Å²) in [7, 11) is 0. The molecule has 0 bridgehead atoms. The topological polar surface area (TPSA) is 68.1 Å². The van der Waals surface area contributed by atoms with Crippen molar-refractivity contribution in [2.24, 2.45) is 0 Å². The lowest BCUT2D eigenvalue weighted by Crippen LogP contribution is -2.07. The molecular formula is C11H11FN2O2. The number of benzene rings is 1. The van der Waals surface area contributed by atoms with Crippen LogP contribution in [0.1, 0.15) is 17.4 Å². The number of nitrogen functional groups attached to an aromatic ring is 1. The number of carbonyl (C=O) groups excluding carboxylic acids is 1. The number of halogens is 1. The third-order valence-corrected chi connectivity index (χ3v) is 2.28. The van der Waals surface area contributed by atoms with Gasteiger partial charge in [-0.2, -0.15) is 0 Å². The van der Waals surface area contributed by atoms with E-state index >= 15 is 0 Å². The highest BCUT2D eigenvalue weighted by Gasteiger charge is 2.16. The zero-order valence-corrected chi connectivity index (χ0v) is 8.71. The fraction of sp³-hybridized carbons (Fsp3) is 0.182. The van der Waals surface area contributed by atoms with E-state index in [1.807, 2.05) is 0 Å². The van der Waals surface area contributed by atoms with E-state index in [4.69, 9.17) is 10.5 Å². The highest BCUT2D eigenvalue weighted by Crippen LogP contribution is 2.25. The lowest BCUT2D eigenvalue weighted by Gasteiger charge is -1.99. The van der Waals surface area contributed by atoms with Gasteiger partial charge in [0.05, 0.1) is 17.8 Å². The normalized spacial score (nSPS) is 10.6. The molecule has 1 aromatic carbocycles. The highest BCUT2D eigenvalue weighted by atomic mass is 19.1. The second-order valence-electron chi connectivity index (χ2n) is 3.32. The summed E-state index contributed by atoms with van der Waals surface area (Å²) < 4.78 is 17.8. The lowest BCUT2D eigenvalue weighted by molar-refractivity contribution is 0.0522. The highest BCUT2D eigenvalue weighted by molar-refractivity contribution is 6.05. The van der Waals surface area contributed by atoms with Crippen LogP contribution in [0, 0.1) is 5.82 Å². The Balaban J connectivity index is 2.55. The van der Waals surface area contributed by atoms with Crippen molar-refractivity contribution in [2.45, 2.75) is 6.92 Å². The van der Waals surface area contributed by atoms with E-state index < -0.39 is 5.97 Å². The molecule has 0 fully saturated rings. The summed E-state index contributed by atoms with van der Waals surface area (Å²) in [5.74, 6) is -0.916. The Labute approximate surface area is 91.2 Å². The lowest BCUT2D eigenvalue weighted by atomic mass is 10.2. The third-order valence-electron chi connectivity index (χ3n) is 2.28. The van der Waals surface area contributed by atoms with Gasteiger partial charge in [0.1, 0.15) is 11.5 Å². The van der Waals surface area contributed by atoms with Crippen LogP contribution in [0.3, 0.4) is 0 Å². The van der Waals surface area contributed by atoms with Crippen LogP contribution >= 0.6 is 0 Å². The number of hydrogen-bond acceptors (Lipinski definition) is 3. The minimum Gasteiger partial charge on any atom is -0.461 e. The molecule has 0 unspecified atom stereocenters. The maximum Gasteiger partial charge on any atom is 0.356 e. The van der Waals surface area contributed by atoms with Crippen LogP contribution in [0.4, 0.5) is 10.1 Å². The zero-order chi connectivity index (χ0) is 11.7. The van der Waals surface area contributed by atoms with Gasteiger partial charge in [0, 0.05) is 5.39 Å². The van der Waals surface area contributed by atoms with Crippen molar-refractivity contribution < 1.29 is 13.9 Å². The second-order valence-corrected chi connectivity index (χ2v) is 3.32. The summed E-state index contributed by atoms with van der Waals surface area (Å²) in [6, 6.07) is 4.11. The third kappa shape index (κ3) is 1.60. The Morgan fingerprint density at radius 2 is 2.31 bits per heavy atom. The SMILES string of the molecule is CCOC(=O)c1[nH]c2cc(F)ccc2c1N. The van der Waals surface area contributed by atoms with Crippen molar-refractivity contribution in [1.29, 1.82) is 0 Å². The van der Waals surface area contributed by atoms with Gasteiger partial charge in [-0.05, 0) is 25.1 Å². The van der Waals surface area contributed by atoms with Crippen molar-refractivity contribution >= 4 is 22.6 Å². The molecule has 1 heterocycles. The Hall–Kier alpha value is -2.04. The molecule has 0 aliphatic carbocycles. The maximum absolute atomic E-state index is 12.9. The number of nitrogens with one attached hydrogen (secondary N) is 1. The molecule has 0 saturated heterocycles. The van der Waals surface area contributed by atoms with Crippen LogP contribution < -0.4 is 5.73 Å². The number of carbonyl (C=O) groups is 1. The summed E-state index contributed by atoms with van der Waals surface area (Å²) in [6.07, 6.45) is 0. The quantitative estimate of drug-likeness (QED) is 0.764. The molecule has 0 amide bonds. The fourth-order valence-electron chi connectivity index (χ4n) is 1.56. The first-order valence-corrected chi connectivity index (χ1v) is 4.87. The first-order chi connectivity index (χ1) is 7.63. The van der Waals surface area contributed by atoms with E-state index in [1.54, 1.807) is 6.92 Å². The number of hydrogen-bond donors (Lipinski definition) is 2.